The van der Waals surface area contributed by atoms with E-state index in [2.05, 4.69) is 9.89 Å². The van der Waals surface area contributed by atoms with Crippen LogP contribution in [0.1, 0.15) is 21.7 Å². The van der Waals surface area contributed by atoms with E-state index < -0.39 is 11.9 Å². The summed E-state index contributed by atoms with van der Waals surface area (Å²) in [5.41, 5.74) is 0.659. The summed E-state index contributed by atoms with van der Waals surface area (Å²) >= 11 is 0.362. The number of hydrogen-bond acceptors (Lipinski definition) is 6. The fourth-order valence-electron chi connectivity index (χ4n) is 2.51. The summed E-state index contributed by atoms with van der Waals surface area (Å²) in [4.78, 5) is 25.0. The van der Waals surface area contributed by atoms with Crippen LogP contribution in [0.3, 0.4) is 0 Å². The minimum absolute atomic E-state index is 0.0620. The average molecular weight is 370 g/mol. The van der Waals surface area contributed by atoms with Crippen LogP contribution in [-0.2, 0) is 13.0 Å². The lowest BCUT2D eigenvalue weighted by Gasteiger charge is -2.26. The standard InChI is InChI=1S/C15H12F2N2O5S/c16-14(17)25-9-3-1-2-8(6-9)13(20)19-5-4-11-10(7-19)12(18-24-11)23-15(21)22/h1-3,6,14H,4-5,7H2,(H,21,22). The highest BCUT2D eigenvalue weighted by molar-refractivity contribution is 7.99. The van der Waals surface area contributed by atoms with E-state index in [4.69, 9.17) is 9.63 Å². The molecule has 0 unspecified atom stereocenters. The Labute approximate surface area is 144 Å². The molecule has 1 N–H and O–H groups in total. The number of halogens is 2. The van der Waals surface area contributed by atoms with Crippen LogP contribution in [0, 0.1) is 0 Å². The van der Waals surface area contributed by atoms with Crippen LogP contribution in [0.4, 0.5) is 13.6 Å². The van der Waals surface area contributed by atoms with Crippen molar-refractivity contribution in [2.75, 3.05) is 6.54 Å². The quantitative estimate of drug-likeness (QED) is 0.652. The Hall–Kier alpha value is -2.62. The van der Waals surface area contributed by atoms with Gasteiger partial charge in [-0.2, -0.15) is 8.78 Å². The molecule has 132 valence electrons. The maximum Gasteiger partial charge on any atom is 0.512 e. The summed E-state index contributed by atoms with van der Waals surface area (Å²) in [6.45, 7) is 0.395. The van der Waals surface area contributed by atoms with Crippen molar-refractivity contribution in [3.05, 3.63) is 41.2 Å². The number of ether oxygens (including phenoxy) is 1. The number of amides is 1. The predicted molar refractivity (Wildman–Crippen MR) is 81.9 cm³/mol. The van der Waals surface area contributed by atoms with Gasteiger partial charge in [0, 0.05) is 23.4 Å². The Morgan fingerprint density at radius 1 is 1.40 bits per heavy atom. The molecule has 0 saturated heterocycles. The van der Waals surface area contributed by atoms with Crippen molar-refractivity contribution in [1.29, 1.82) is 0 Å². The highest BCUT2D eigenvalue weighted by Crippen LogP contribution is 2.30. The van der Waals surface area contributed by atoms with Crippen molar-refractivity contribution < 1.29 is 32.7 Å². The number of thioether (sulfide) groups is 1. The summed E-state index contributed by atoms with van der Waals surface area (Å²) < 4.78 is 34.5. The number of carboxylic acid groups (broad SMARTS) is 1. The summed E-state index contributed by atoms with van der Waals surface area (Å²) in [5.74, 6) is -2.66. The number of alkyl halides is 2. The van der Waals surface area contributed by atoms with Gasteiger partial charge in [0.05, 0.1) is 12.1 Å². The Balaban J connectivity index is 1.78. The number of aromatic nitrogens is 1. The number of rotatable bonds is 4. The number of hydrogen-bond donors (Lipinski definition) is 1. The molecule has 0 atom stereocenters. The van der Waals surface area contributed by atoms with Gasteiger partial charge in [-0.25, -0.2) is 4.79 Å². The van der Waals surface area contributed by atoms with Crippen molar-refractivity contribution in [2.24, 2.45) is 0 Å². The minimum Gasteiger partial charge on any atom is -0.449 e. The van der Waals surface area contributed by atoms with Gasteiger partial charge in [-0.15, -0.1) is 0 Å². The summed E-state index contributed by atoms with van der Waals surface area (Å²) in [5, 5.41) is 12.2. The number of carbonyl (C=O) groups is 2. The van der Waals surface area contributed by atoms with Gasteiger partial charge in [-0.3, -0.25) is 4.79 Å². The molecular formula is C15H12F2N2O5S. The Morgan fingerprint density at radius 2 is 2.20 bits per heavy atom. The van der Waals surface area contributed by atoms with Crippen LogP contribution in [0.5, 0.6) is 5.88 Å². The molecule has 2 aromatic rings. The van der Waals surface area contributed by atoms with E-state index in [1.54, 1.807) is 0 Å². The lowest BCUT2D eigenvalue weighted by atomic mass is 10.1. The van der Waals surface area contributed by atoms with Gasteiger partial charge in [-0.05, 0) is 23.4 Å². The van der Waals surface area contributed by atoms with E-state index in [0.717, 1.165) is 0 Å². The molecule has 1 amide bonds. The van der Waals surface area contributed by atoms with Crippen LogP contribution in [-0.4, -0.2) is 39.5 Å². The summed E-state index contributed by atoms with van der Waals surface area (Å²) in [6, 6.07) is 5.97. The zero-order valence-corrected chi connectivity index (χ0v) is 13.5. The third-order valence-corrected chi connectivity index (χ3v) is 4.27. The molecule has 10 heteroatoms. The Bertz CT molecular complexity index is 811. The number of carbonyl (C=O) groups excluding carboxylic acids is 1. The Morgan fingerprint density at radius 3 is 2.92 bits per heavy atom. The SMILES string of the molecule is O=C(O)Oc1noc2c1CN(C(=O)c1cccc(SC(F)F)c1)CC2. The normalized spacial score (nSPS) is 13.6. The van der Waals surface area contributed by atoms with E-state index in [1.165, 1.54) is 29.2 Å². The molecule has 0 spiro atoms. The lowest BCUT2D eigenvalue weighted by molar-refractivity contribution is 0.0728. The molecular weight excluding hydrogens is 358 g/mol. The van der Waals surface area contributed by atoms with Gasteiger partial charge >= 0.3 is 6.16 Å². The van der Waals surface area contributed by atoms with Gasteiger partial charge < -0.3 is 19.3 Å². The van der Waals surface area contributed by atoms with Crippen LogP contribution >= 0.6 is 11.8 Å². The van der Waals surface area contributed by atoms with E-state index in [0.29, 0.717) is 40.9 Å². The van der Waals surface area contributed by atoms with Gasteiger partial charge in [-0.1, -0.05) is 17.8 Å². The molecule has 0 aliphatic carbocycles. The molecule has 3 rings (SSSR count). The maximum absolute atomic E-state index is 12.6. The maximum atomic E-state index is 12.6. The van der Waals surface area contributed by atoms with E-state index in [-0.39, 0.29) is 23.9 Å². The van der Waals surface area contributed by atoms with Crippen LogP contribution in [0.2, 0.25) is 0 Å². The number of benzene rings is 1. The van der Waals surface area contributed by atoms with Crippen molar-refractivity contribution in [3.8, 4) is 5.88 Å². The molecule has 1 aliphatic heterocycles. The monoisotopic (exact) mass is 370 g/mol. The van der Waals surface area contributed by atoms with Crippen molar-refractivity contribution in [1.82, 2.24) is 10.1 Å². The first kappa shape index (κ1) is 17.2. The first-order chi connectivity index (χ1) is 11.9. The highest BCUT2D eigenvalue weighted by atomic mass is 32.2. The fourth-order valence-corrected chi connectivity index (χ4v) is 3.07. The molecule has 0 saturated carbocycles. The van der Waals surface area contributed by atoms with E-state index in [9.17, 15) is 18.4 Å². The molecule has 25 heavy (non-hydrogen) atoms. The van der Waals surface area contributed by atoms with Crippen molar-refractivity contribution in [2.45, 2.75) is 23.6 Å². The topological polar surface area (TPSA) is 92.9 Å². The first-order valence-electron chi connectivity index (χ1n) is 7.16. The Kier molecular flexibility index (Phi) is 4.88. The number of fused-ring (bicyclic) bond motifs is 1. The molecule has 1 aromatic heterocycles. The molecule has 1 aliphatic rings. The average Bonchev–Trinajstić information content (AvgIpc) is 2.95. The van der Waals surface area contributed by atoms with Gasteiger partial charge in [0.15, 0.2) is 0 Å². The third kappa shape index (κ3) is 3.90. The summed E-state index contributed by atoms with van der Waals surface area (Å²) in [7, 11) is 0. The molecule has 7 nitrogen and oxygen atoms in total. The van der Waals surface area contributed by atoms with Gasteiger partial charge in [0.2, 0.25) is 0 Å². The second-order valence-corrected chi connectivity index (χ2v) is 6.20. The van der Waals surface area contributed by atoms with Crippen LogP contribution < -0.4 is 4.74 Å². The second-order valence-electron chi connectivity index (χ2n) is 5.14. The van der Waals surface area contributed by atoms with Gasteiger partial charge in [0.1, 0.15) is 5.76 Å². The zero-order valence-electron chi connectivity index (χ0n) is 12.6. The third-order valence-electron chi connectivity index (χ3n) is 3.57. The minimum atomic E-state index is -2.57. The summed E-state index contributed by atoms with van der Waals surface area (Å²) in [6.07, 6.45) is -1.18. The van der Waals surface area contributed by atoms with E-state index >= 15 is 0 Å². The first-order valence-corrected chi connectivity index (χ1v) is 8.04. The van der Waals surface area contributed by atoms with E-state index in [1.807, 2.05) is 0 Å². The van der Waals surface area contributed by atoms with Crippen LogP contribution in [0.25, 0.3) is 0 Å². The smallest absolute Gasteiger partial charge is 0.449 e. The number of nitrogens with zero attached hydrogens (tertiary/aromatic N) is 2. The molecule has 0 bridgehead atoms. The lowest BCUT2D eigenvalue weighted by Crippen LogP contribution is -2.35. The fraction of sp³-hybridized carbons (Fsp3) is 0.267. The van der Waals surface area contributed by atoms with Crippen LogP contribution in [0.15, 0.2) is 33.7 Å². The van der Waals surface area contributed by atoms with Crippen molar-refractivity contribution in [3.63, 3.8) is 0 Å². The second kappa shape index (κ2) is 7.09. The largest absolute Gasteiger partial charge is 0.512 e. The molecule has 0 radical (unpaired) electrons. The predicted octanol–water partition coefficient (Wildman–Crippen LogP) is 3.24. The molecule has 2 heterocycles. The van der Waals surface area contributed by atoms with Crippen molar-refractivity contribution >= 4 is 23.8 Å². The zero-order chi connectivity index (χ0) is 18.0. The highest BCUT2D eigenvalue weighted by Gasteiger charge is 2.29. The molecule has 1 aromatic carbocycles. The molecule has 0 fully saturated rings. The van der Waals surface area contributed by atoms with Gasteiger partial charge in [0.25, 0.3) is 17.5 Å².